The molecule has 1 unspecified atom stereocenters. The van der Waals surface area contributed by atoms with Crippen molar-refractivity contribution >= 4 is 16.9 Å². The first kappa shape index (κ1) is 14.0. The molecule has 0 fully saturated rings. The molecule has 2 aromatic carbocycles. The van der Waals surface area contributed by atoms with Crippen LogP contribution in [0, 0.1) is 5.92 Å². The van der Waals surface area contributed by atoms with Gasteiger partial charge in [0.25, 0.3) is 0 Å². The molecule has 0 bridgehead atoms. The molecule has 4 rings (SSSR count). The minimum atomic E-state index is -0.849. The van der Waals surface area contributed by atoms with Crippen molar-refractivity contribution in [3.8, 4) is 0 Å². The van der Waals surface area contributed by atoms with E-state index in [0.29, 0.717) is 11.5 Å². The maximum absolute atomic E-state index is 11.1. The first-order valence-corrected chi connectivity index (χ1v) is 7.96. The van der Waals surface area contributed by atoms with E-state index in [2.05, 4.69) is 21.9 Å². The standard InChI is InChI=1S/C19H18N2O2/c22-19(23)16-8-7-14-9-13(5-6-15(14)10-16)12-21-18-4-2-1-3-17(18)11-20-21/h1-4,7-8,10-11,13H,5-6,9,12H2,(H,22,23). The first-order chi connectivity index (χ1) is 11.2. The van der Waals surface area contributed by atoms with Crippen molar-refractivity contribution in [2.24, 2.45) is 5.92 Å². The van der Waals surface area contributed by atoms with E-state index >= 15 is 0 Å². The molecule has 1 aliphatic carbocycles. The molecule has 0 aliphatic heterocycles. The molecule has 1 aliphatic rings. The quantitative estimate of drug-likeness (QED) is 0.805. The molecule has 23 heavy (non-hydrogen) atoms. The molecule has 0 amide bonds. The highest BCUT2D eigenvalue weighted by Crippen LogP contribution is 2.28. The summed E-state index contributed by atoms with van der Waals surface area (Å²) in [5, 5.41) is 14.8. The van der Waals surface area contributed by atoms with Gasteiger partial charge in [-0.15, -0.1) is 0 Å². The SMILES string of the molecule is O=C(O)c1ccc2c(c1)CCC(Cn1ncc3ccccc31)C2. The van der Waals surface area contributed by atoms with Gasteiger partial charge in [-0.25, -0.2) is 4.79 Å². The van der Waals surface area contributed by atoms with Crippen LogP contribution in [0.1, 0.15) is 27.9 Å². The smallest absolute Gasteiger partial charge is 0.335 e. The Morgan fingerprint density at radius 1 is 1.22 bits per heavy atom. The lowest BCUT2D eigenvalue weighted by atomic mass is 9.83. The Hall–Kier alpha value is -2.62. The summed E-state index contributed by atoms with van der Waals surface area (Å²) in [5.41, 5.74) is 4.04. The molecule has 1 heterocycles. The first-order valence-electron chi connectivity index (χ1n) is 7.96. The summed E-state index contributed by atoms with van der Waals surface area (Å²) in [7, 11) is 0. The van der Waals surface area contributed by atoms with Crippen LogP contribution >= 0.6 is 0 Å². The summed E-state index contributed by atoms with van der Waals surface area (Å²) in [6, 6.07) is 13.8. The third-order valence-corrected chi connectivity index (χ3v) is 4.77. The molecular weight excluding hydrogens is 288 g/mol. The van der Waals surface area contributed by atoms with Crippen molar-refractivity contribution in [1.82, 2.24) is 9.78 Å². The van der Waals surface area contributed by atoms with Crippen molar-refractivity contribution < 1.29 is 9.90 Å². The number of benzene rings is 2. The van der Waals surface area contributed by atoms with Crippen LogP contribution < -0.4 is 0 Å². The Morgan fingerprint density at radius 3 is 2.96 bits per heavy atom. The van der Waals surface area contributed by atoms with Gasteiger partial charge in [-0.05, 0) is 54.5 Å². The number of aromatic nitrogens is 2. The van der Waals surface area contributed by atoms with Crippen LogP contribution in [-0.2, 0) is 19.4 Å². The zero-order valence-corrected chi connectivity index (χ0v) is 12.8. The van der Waals surface area contributed by atoms with Crippen molar-refractivity contribution in [3.05, 3.63) is 65.4 Å². The summed E-state index contributed by atoms with van der Waals surface area (Å²) < 4.78 is 2.09. The van der Waals surface area contributed by atoms with Gasteiger partial charge in [-0.2, -0.15) is 5.10 Å². The molecular formula is C19H18N2O2. The number of aromatic carboxylic acids is 1. The van der Waals surface area contributed by atoms with E-state index in [1.165, 1.54) is 22.0 Å². The fourth-order valence-corrected chi connectivity index (χ4v) is 3.54. The highest BCUT2D eigenvalue weighted by atomic mass is 16.4. The van der Waals surface area contributed by atoms with E-state index in [-0.39, 0.29) is 0 Å². The molecule has 0 saturated heterocycles. The monoisotopic (exact) mass is 306 g/mol. The van der Waals surface area contributed by atoms with Crippen LogP contribution in [-0.4, -0.2) is 20.9 Å². The van der Waals surface area contributed by atoms with Gasteiger partial charge in [0, 0.05) is 11.9 Å². The topological polar surface area (TPSA) is 55.1 Å². The molecule has 0 saturated carbocycles. The molecule has 1 N–H and O–H groups in total. The second kappa shape index (κ2) is 5.54. The number of para-hydroxylation sites is 1. The van der Waals surface area contributed by atoms with E-state index < -0.39 is 5.97 Å². The number of carboxylic acids is 1. The zero-order valence-electron chi connectivity index (χ0n) is 12.8. The highest BCUT2D eigenvalue weighted by Gasteiger charge is 2.21. The van der Waals surface area contributed by atoms with Gasteiger partial charge in [-0.1, -0.05) is 24.3 Å². The van der Waals surface area contributed by atoms with Crippen molar-refractivity contribution in [3.63, 3.8) is 0 Å². The van der Waals surface area contributed by atoms with Gasteiger partial charge < -0.3 is 5.11 Å². The average molecular weight is 306 g/mol. The van der Waals surface area contributed by atoms with Gasteiger partial charge in [0.15, 0.2) is 0 Å². The molecule has 4 nitrogen and oxygen atoms in total. The summed E-state index contributed by atoms with van der Waals surface area (Å²) in [4.78, 5) is 11.1. The Morgan fingerprint density at radius 2 is 2.09 bits per heavy atom. The highest BCUT2D eigenvalue weighted by molar-refractivity contribution is 5.88. The van der Waals surface area contributed by atoms with Crippen molar-refractivity contribution in [2.75, 3.05) is 0 Å². The predicted octanol–water partition coefficient (Wildman–Crippen LogP) is 3.54. The lowest BCUT2D eigenvalue weighted by molar-refractivity contribution is 0.0696. The minimum Gasteiger partial charge on any atom is -0.478 e. The molecule has 3 aromatic rings. The lowest BCUT2D eigenvalue weighted by Gasteiger charge is -2.25. The molecule has 1 atom stereocenters. The molecule has 0 radical (unpaired) electrons. The normalized spacial score (nSPS) is 17.1. The number of nitrogens with zero attached hydrogens (tertiary/aromatic N) is 2. The molecule has 4 heteroatoms. The van der Waals surface area contributed by atoms with E-state index in [0.717, 1.165) is 25.8 Å². The fraction of sp³-hybridized carbons (Fsp3) is 0.263. The molecule has 1 aromatic heterocycles. The summed E-state index contributed by atoms with van der Waals surface area (Å²) in [6.07, 6.45) is 4.93. The van der Waals surface area contributed by atoms with Crippen molar-refractivity contribution in [1.29, 1.82) is 0 Å². The van der Waals surface area contributed by atoms with E-state index in [4.69, 9.17) is 5.11 Å². The van der Waals surface area contributed by atoms with Gasteiger partial charge in [0.2, 0.25) is 0 Å². The number of hydrogen-bond acceptors (Lipinski definition) is 2. The van der Waals surface area contributed by atoms with E-state index in [1.807, 2.05) is 30.5 Å². The van der Waals surface area contributed by atoms with Crippen LogP contribution in [0.25, 0.3) is 10.9 Å². The van der Waals surface area contributed by atoms with Gasteiger partial charge in [0.1, 0.15) is 0 Å². The second-order valence-electron chi connectivity index (χ2n) is 6.28. The third-order valence-electron chi connectivity index (χ3n) is 4.77. The number of carbonyl (C=O) groups is 1. The molecule has 0 spiro atoms. The van der Waals surface area contributed by atoms with Crippen molar-refractivity contribution in [2.45, 2.75) is 25.8 Å². The van der Waals surface area contributed by atoms with E-state index in [1.54, 1.807) is 6.07 Å². The Balaban J connectivity index is 1.55. The van der Waals surface area contributed by atoms with Gasteiger partial charge in [-0.3, -0.25) is 4.68 Å². The Bertz CT molecular complexity index is 882. The maximum atomic E-state index is 11.1. The Kier molecular flexibility index (Phi) is 3.37. The summed E-state index contributed by atoms with van der Waals surface area (Å²) in [5.74, 6) is -0.306. The summed E-state index contributed by atoms with van der Waals surface area (Å²) >= 11 is 0. The van der Waals surface area contributed by atoms with Gasteiger partial charge in [0.05, 0.1) is 17.3 Å². The van der Waals surface area contributed by atoms with Crippen LogP contribution in [0.4, 0.5) is 0 Å². The lowest BCUT2D eigenvalue weighted by Crippen LogP contribution is -2.20. The van der Waals surface area contributed by atoms with Crippen LogP contribution in [0.3, 0.4) is 0 Å². The maximum Gasteiger partial charge on any atom is 0.335 e. The second-order valence-corrected chi connectivity index (χ2v) is 6.28. The molecule has 116 valence electrons. The van der Waals surface area contributed by atoms with Crippen LogP contribution in [0.5, 0.6) is 0 Å². The number of hydrogen-bond donors (Lipinski definition) is 1. The zero-order chi connectivity index (χ0) is 15.8. The predicted molar refractivity (Wildman–Crippen MR) is 88.6 cm³/mol. The number of fused-ring (bicyclic) bond motifs is 2. The van der Waals surface area contributed by atoms with Crippen LogP contribution in [0.15, 0.2) is 48.7 Å². The number of rotatable bonds is 3. The van der Waals surface area contributed by atoms with Gasteiger partial charge >= 0.3 is 5.97 Å². The number of carboxylic acid groups (broad SMARTS) is 1. The minimum absolute atomic E-state index is 0.389. The summed E-state index contributed by atoms with van der Waals surface area (Å²) in [6.45, 7) is 0.910. The average Bonchev–Trinajstić information content (AvgIpc) is 2.97. The van der Waals surface area contributed by atoms with Crippen LogP contribution in [0.2, 0.25) is 0 Å². The number of aryl methyl sites for hydroxylation is 1. The largest absolute Gasteiger partial charge is 0.478 e. The Labute approximate surface area is 134 Å². The fourth-order valence-electron chi connectivity index (χ4n) is 3.54. The third kappa shape index (κ3) is 2.61. The van der Waals surface area contributed by atoms with E-state index in [9.17, 15) is 4.79 Å².